The number of ether oxygens (including phenoxy) is 1. The Balaban J connectivity index is 1.57. The molecule has 0 unspecified atom stereocenters. The van der Waals surface area contributed by atoms with Crippen LogP contribution < -0.4 is 0 Å². The van der Waals surface area contributed by atoms with Crippen LogP contribution in [0.2, 0.25) is 15.1 Å². The third kappa shape index (κ3) is 4.82. The molecule has 2 amide bonds. The second-order valence-corrected chi connectivity index (χ2v) is 9.07. The quantitative estimate of drug-likeness (QED) is 0.267. The molecule has 1 aromatic heterocycles. The number of esters is 1. The molecule has 4 rings (SSSR count). The highest BCUT2D eigenvalue weighted by Crippen LogP contribution is 2.36. The molecule has 1 aliphatic heterocycles. The summed E-state index contributed by atoms with van der Waals surface area (Å²) in [5.74, 6) is -0.231. The maximum Gasteiger partial charge on any atom is 0.339 e. The number of furan rings is 1. The molecule has 168 valence electrons. The summed E-state index contributed by atoms with van der Waals surface area (Å²) < 4.78 is 10.5. The summed E-state index contributed by atoms with van der Waals surface area (Å²) >= 11 is 19.2. The molecule has 33 heavy (non-hydrogen) atoms. The molecule has 0 spiro atoms. The van der Waals surface area contributed by atoms with Crippen LogP contribution in [0.25, 0.3) is 17.4 Å². The molecular formula is C23H14Cl3NO5S. The van der Waals surface area contributed by atoms with Gasteiger partial charge in [0.2, 0.25) is 0 Å². The third-order valence-electron chi connectivity index (χ3n) is 4.81. The van der Waals surface area contributed by atoms with Gasteiger partial charge in [-0.15, -0.1) is 0 Å². The van der Waals surface area contributed by atoms with Crippen LogP contribution in [-0.4, -0.2) is 29.1 Å². The summed E-state index contributed by atoms with van der Waals surface area (Å²) in [5.41, 5.74) is 1.30. The Labute approximate surface area is 208 Å². The highest BCUT2D eigenvalue weighted by atomic mass is 35.5. The van der Waals surface area contributed by atoms with Crippen molar-refractivity contribution < 1.29 is 23.5 Å². The Kier molecular flexibility index (Phi) is 6.86. The highest BCUT2D eigenvalue weighted by Gasteiger charge is 2.36. The second-order valence-electron chi connectivity index (χ2n) is 6.86. The molecule has 2 heterocycles. The lowest BCUT2D eigenvalue weighted by atomic mass is 10.1. The van der Waals surface area contributed by atoms with Crippen molar-refractivity contribution in [2.45, 2.75) is 6.54 Å². The fourth-order valence-corrected chi connectivity index (χ4v) is 4.67. The van der Waals surface area contributed by atoms with Gasteiger partial charge in [0.15, 0.2) is 0 Å². The van der Waals surface area contributed by atoms with Gasteiger partial charge in [-0.1, -0.05) is 40.9 Å². The standard InChI is InChI=1S/C23H14Cl3NO5S/c1-31-22(29)14-9-12(5-7-18(14)26)19-8-6-13(32-19)10-20-21(28)27(23(30)33-20)11-15-16(24)3-2-4-17(15)25/h2-10H,11H2,1H3/b20-10-. The van der Waals surface area contributed by atoms with E-state index in [1.807, 2.05) is 0 Å². The normalized spacial score (nSPS) is 14.9. The second kappa shape index (κ2) is 9.65. The van der Waals surface area contributed by atoms with E-state index in [-0.39, 0.29) is 22.0 Å². The number of hydrogen-bond donors (Lipinski definition) is 0. The number of thioether (sulfide) groups is 1. The van der Waals surface area contributed by atoms with Crippen molar-refractivity contribution in [2.24, 2.45) is 0 Å². The minimum atomic E-state index is -0.569. The molecule has 1 saturated heterocycles. The van der Waals surface area contributed by atoms with E-state index in [2.05, 4.69) is 0 Å². The number of carbonyl (C=O) groups is 3. The first kappa shape index (κ1) is 23.4. The van der Waals surface area contributed by atoms with Gasteiger partial charge in [0, 0.05) is 27.2 Å². The molecule has 0 aliphatic carbocycles. The Morgan fingerprint density at radius 3 is 2.48 bits per heavy atom. The van der Waals surface area contributed by atoms with Crippen LogP contribution in [0.1, 0.15) is 21.7 Å². The number of methoxy groups -OCH3 is 1. The number of benzene rings is 2. The highest BCUT2D eigenvalue weighted by molar-refractivity contribution is 8.18. The molecule has 1 fully saturated rings. The Hall–Kier alpha value is -2.71. The van der Waals surface area contributed by atoms with Crippen LogP contribution >= 0.6 is 46.6 Å². The largest absolute Gasteiger partial charge is 0.465 e. The number of nitrogens with zero attached hydrogens (tertiary/aromatic N) is 1. The fourth-order valence-electron chi connectivity index (χ4n) is 3.14. The molecule has 0 saturated carbocycles. The zero-order chi connectivity index (χ0) is 23.7. The van der Waals surface area contributed by atoms with Crippen molar-refractivity contribution in [3.05, 3.63) is 85.4 Å². The van der Waals surface area contributed by atoms with Crippen molar-refractivity contribution in [3.63, 3.8) is 0 Å². The first-order chi connectivity index (χ1) is 15.8. The predicted octanol–water partition coefficient (Wildman–Crippen LogP) is 6.93. The maximum absolute atomic E-state index is 12.8. The Bertz CT molecular complexity index is 1300. The van der Waals surface area contributed by atoms with E-state index in [1.54, 1.807) is 48.5 Å². The van der Waals surface area contributed by atoms with Crippen molar-refractivity contribution >= 4 is 69.8 Å². The first-order valence-corrected chi connectivity index (χ1v) is 11.4. The van der Waals surface area contributed by atoms with Crippen molar-refractivity contribution in [1.82, 2.24) is 4.90 Å². The zero-order valence-electron chi connectivity index (χ0n) is 16.9. The van der Waals surface area contributed by atoms with Gasteiger partial charge in [-0.25, -0.2) is 4.79 Å². The van der Waals surface area contributed by atoms with Crippen LogP contribution in [0.4, 0.5) is 4.79 Å². The smallest absolute Gasteiger partial charge is 0.339 e. The topological polar surface area (TPSA) is 76.8 Å². The Morgan fingerprint density at radius 1 is 1.06 bits per heavy atom. The fraction of sp³-hybridized carbons (Fsp3) is 0.0870. The van der Waals surface area contributed by atoms with Crippen molar-refractivity contribution in [3.8, 4) is 11.3 Å². The molecule has 0 atom stereocenters. The van der Waals surface area contributed by atoms with Crippen LogP contribution in [0.3, 0.4) is 0 Å². The maximum atomic E-state index is 12.8. The van der Waals surface area contributed by atoms with Gasteiger partial charge < -0.3 is 9.15 Å². The SMILES string of the molecule is COC(=O)c1cc(-c2ccc(/C=C3\SC(=O)N(Cc4c(Cl)cccc4Cl)C3=O)o2)ccc1Cl. The molecular weight excluding hydrogens is 509 g/mol. The average Bonchev–Trinajstić information content (AvgIpc) is 3.36. The lowest BCUT2D eigenvalue weighted by molar-refractivity contribution is -0.123. The molecule has 1 aliphatic rings. The lowest BCUT2D eigenvalue weighted by Gasteiger charge is -2.14. The lowest BCUT2D eigenvalue weighted by Crippen LogP contribution is -2.27. The van der Waals surface area contributed by atoms with E-state index < -0.39 is 17.1 Å². The van der Waals surface area contributed by atoms with Gasteiger partial charge in [-0.3, -0.25) is 14.5 Å². The molecule has 0 bridgehead atoms. The number of amides is 2. The Morgan fingerprint density at radius 2 is 1.79 bits per heavy atom. The summed E-state index contributed by atoms with van der Waals surface area (Å²) in [6.07, 6.45) is 1.49. The van der Waals surface area contributed by atoms with Crippen LogP contribution in [0.15, 0.2) is 57.9 Å². The number of carbonyl (C=O) groups excluding carboxylic acids is 3. The van der Waals surface area contributed by atoms with Gasteiger partial charge in [0.05, 0.1) is 29.1 Å². The summed E-state index contributed by atoms with van der Waals surface area (Å²) in [5, 5.41) is 0.560. The van der Waals surface area contributed by atoms with E-state index >= 15 is 0 Å². The zero-order valence-corrected chi connectivity index (χ0v) is 20.0. The molecule has 0 N–H and O–H groups in total. The summed E-state index contributed by atoms with van der Waals surface area (Å²) in [4.78, 5) is 38.5. The van der Waals surface area contributed by atoms with Gasteiger partial charge in [-0.05, 0) is 54.2 Å². The van der Waals surface area contributed by atoms with E-state index in [9.17, 15) is 14.4 Å². The van der Waals surface area contributed by atoms with Gasteiger partial charge in [0.25, 0.3) is 11.1 Å². The van der Waals surface area contributed by atoms with Crippen LogP contribution in [0, 0.1) is 0 Å². The van der Waals surface area contributed by atoms with E-state index in [4.69, 9.17) is 44.0 Å². The third-order valence-corrected chi connectivity index (χ3v) is 6.75. The predicted molar refractivity (Wildman–Crippen MR) is 128 cm³/mol. The molecule has 10 heteroatoms. The number of hydrogen-bond acceptors (Lipinski definition) is 6. The summed E-state index contributed by atoms with van der Waals surface area (Å²) in [6, 6.07) is 13.1. The van der Waals surface area contributed by atoms with Gasteiger partial charge in [-0.2, -0.15) is 0 Å². The average molecular weight is 523 g/mol. The van der Waals surface area contributed by atoms with Gasteiger partial charge >= 0.3 is 5.97 Å². The minimum Gasteiger partial charge on any atom is -0.465 e. The van der Waals surface area contributed by atoms with Crippen LogP contribution in [-0.2, 0) is 16.1 Å². The summed E-state index contributed by atoms with van der Waals surface area (Å²) in [6.45, 7) is -0.0367. The monoisotopic (exact) mass is 521 g/mol. The molecule has 0 radical (unpaired) electrons. The summed E-state index contributed by atoms with van der Waals surface area (Å²) in [7, 11) is 1.27. The molecule has 3 aromatic rings. The number of rotatable bonds is 5. The minimum absolute atomic E-state index is 0.0367. The van der Waals surface area contributed by atoms with Crippen molar-refractivity contribution in [2.75, 3.05) is 7.11 Å². The van der Waals surface area contributed by atoms with Gasteiger partial charge in [0.1, 0.15) is 11.5 Å². The van der Waals surface area contributed by atoms with Crippen LogP contribution in [0.5, 0.6) is 0 Å². The van der Waals surface area contributed by atoms with E-state index in [1.165, 1.54) is 13.2 Å². The van der Waals surface area contributed by atoms with E-state index in [0.29, 0.717) is 32.7 Å². The first-order valence-electron chi connectivity index (χ1n) is 9.45. The number of halogens is 3. The number of imide groups is 1. The molecule has 2 aromatic carbocycles. The van der Waals surface area contributed by atoms with E-state index in [0.717, 1.165) is 16.7 Å². The van der Waals surface area contributed by atoms with Crippen molar-refractivity contribution in [1.29, 1.82) is 0 Å². The molecule has 6 nitrogen and oxygen atoms in total.